The molecule has 0 radical (unpaired) electrons. The maximum atomic E-state index is 11.2. The summed E-state index contributed by atoms with van der Waals surface area (Å²) in [5.41, 5.74) is 0. The summed E-state index contributed by atoms with van der Waals surface area (Å²) in [6.45, 7) is 5.51. The number of nitrogens with one attached hydrogen (secondary N) is 2. The smallest absolute Gasteiger partial charge is 0.234 e. The molecule has 0 aromatic heterocycles. The van der Waals surface area contributed by atoms with Crippen molar-refractivity contribution in [1.82, 2.24) is 10.6 Å². The number of hydrogen-bond donors (Lipinski definition) is 2. The van der Waals surface area contributed by atoms with E-state index in [0.29, 0.717) is 0 Å². The van der Waals surface area contributed by atoms with Gasteiger partial charge in [-0.25, -0.2) is 0 Å². The highest BCUT2D eigenvalue weighted by molar-refractivity contribution is 8.00. The van der Waals surface area contributed by atoms with Gasteiger partial charge >= 0.3 is 0 Å². The fourth-order valence-electron chi connectivity index (χ4n) is 1.47. The van der Waals surface area contributed by atoms with E-state index in [1.54, 1.807) is 0 Å². The third-order valence-corrected chi connectivity index (χ3v) is 4.41. The van der Waals surface area contributed by atoms with Gasteiger partial charge in [0.05, 0.1) is 12.6 Å². The molecule has 92 valence electrons. The van der Waals surface area contributed by atoms with Crippen LogP contribution in [0.3, 0.4) is 0 Å². The molecule has 16 heavy (non-hydrogen) atoms. The lowest BCUT2D eigenvalue weighted by molar-refractivity contribution is -0.120. The molecule has 5 heteroatoms. The van der Waals surface area contributed by atoms with Crippen LogP contribution in [-0.2, 0) is 4.79 Å². The second-order valence-electron chi connectivity index (χ2n) is 3.63. The quantitative estimate of drug-likeness (QED) is 0.627. The summed E-state index contributed by atoms with van der Waals surface area (Å²) in [6, 6.07) is 1.87. The van der Waals surface area contributed by atoms with E-state index in [4.69, 9.17) is 5.26 Å². The molecule has 4 nitrogen and oxygen atoms in total. The van der Waals surface area contributed by atoms with Crippen molar-refractivity contribution in [2.24, 2.45) is 0 Å². The first-order valence-corrected chi connectivity index (χ1v) is 6.76. The largest absolute Gasteiger partial charge is 0.342 e. The minimum absolute atomic E-state index is 0.0791. The topological polar surface area (TPSA) is 64.9 Å². The maximum absolute atomic E-state index is 11.2. The molecule has 0 saturated heterocycles. The average Bonchev–Trinajstić information content (AvgIpc) is 2.33. The predicted molar refractivity (Wildman–Crippen MR) is 68.3 cm³/mol. The van der Waals surface area contributed by atoms with Gasteiger partial charge in [0.25, 0.3) is 0 Å². The van der Waals surface area contributed by atoms with Gasteiger partial charge in [0.2, 0.25) is 5.91 Å². The molecule has 0 unspecified atom stereocenters. The van der Waals surface area contributed by atoms with Gasteiger partial charge in [0.1, 0.15) is 6.54 Å². The van der Waals surface area contributed by atoms with E-state index in [-0.39, 0.29) is 23.7 Å². The van der Waals surface area contributed by atoms with Crippen LogP contribution in [0.25, 0.3) is 0 Å². The Morgan fingerprint density at radius 1 is 1.44 bits per heavy atom. The van der Waals surface area contributed by atoms with Crippen LogP contribution in [0.2, 0.25) is 0 Å². The number of rotatable bonds is 8. The molecule has 0 aliphatic rings. The fourth-order valence-corrected chi connectivity index (χ4v) is 2.29. The van der Waals surface area contributed by atoms with Gasteiger partial charge in [-0.15, -0.1) is 0 Å². The van der Waals surface area contributed by atoms with E-state index >= 15 is 0 Å². The second-order valence-corrected chi connectivity index (χ2v) is 4.91. The van der Waals surface area contributed by atoms with Crippen molar-refractivity contribution in [2.45, 2.75) is 31.4 Å². The van der Waals surface area contributed by atoms with Gasteiger partial charge in [-0.3, -0.25) is 4.79 Å². The van der Waals surface area contributed by atoms with Crippen LogP contribution >= 0.6 is 11.8 Å². The number of carbonyl (C=O) groups is 1. The summed E-state index contributed by atoms with van der Waals surface area (Å²) < 4.78 is 0.218. The zero-order valence-electron chi connectivity index (χ0n) is 10.3. The maximum Gasteiger partial charge on any atom is 0.234 e. The minimum Gasteiger partial charge on any atom is -0.342 e. The molecule has 2 N–H and O–H groups in total. The SMILES string of the molecule is CCC(CC)(CNCC(=O)NCC#N)SC. The number of hydrogen-bond acceptors (Lipinski definition) is 4. The second kappa shape index (κ2) is 8.43. The van der Waals surface area contributed by atoms with Crippen LogP contribution in [0.1, 0.15) is 26.7 Å². The molecule has 0 heterocycles. The number of nitriles is 1. The summed E-state index contributed by atoms with van der Waals surface area (Å²) in [5.74, 6) is -0.122. The van der Waals surface area contributed by atoms with Crippen LogP contribution < -0.4 is 10.6 Å². The normalized spacial score (nSPS) is 10.9. The van der Waals surface area contributed by atoms with Gasteiger partial charge in [-0.2, -0.15) is 17.0 Å². The molecule has 0 atom stereocenters. The third-order valence-electron chi connectivity index (χ3n) is 2.82. The Morgan fingerprint density at radius 2 is 2.06 bits per heavy atom. The van der Waals surface area contributed by atoms with Gasteiger partial charge in [0, 0.05) is 11.3 Å². The number of nitrogens with zero attached hydrogens (tertiary/aromatic N) is 1. The lowest BCUT2D eigenvalue weighted by Gasteiger charge is -2.29. The van der Waals surface area contributed by atoms with E-state index in [1.807, 2.05) is 17.8 Å². The van der Waals surface area contributed by atoms with Crippen molar-refractivity contribution in [1.29, 1.82) is 5.26 Å². The first kappa shape index (κ1) is 15.3. The van der Waals surface area contributed by atoms with Crippen molar-refractivity contribution in [3.8, 4) is 6.07 Å². The van der Waals surface area contributed by atoms with E-state index in [2.05, 4.69) is 30.7 Å². The van der Waals surface area contributed by atoms with Crippen LogP contribution in [0, 0.1) is 11.3 Å². The van der Waals surface area contributed by atoms with Crippen LogP contribution in [0.4, 0.5) is 0 Å². The zero-order valence-corrected chi connectivity index (χ0v) is 11.1. The monoisotopic (exact) mass is 243 g/mol. The van der Waals surface area contributed by atoms with Crippen molar-refractivity contribution in [3.05, 3.63) is 0 Å². The lowest BCUT2D eigenvalue weighted by atomic mass is 10.0. The van der Waals surface area contributed by atoms with E-state index < -0.39 is 0 Å². The number of thioether (sulfide) groups is 1. The first-order chi connectivity index (χ1) is 7.64. The highest BCUT2D eigenvalue weighted by atomic mass is 32.2. The van der Waals surface area contributed by atoms with Crippen molar-refractivity contribution in [3.63, 3.8) is 0 Å². The summed E-state index contributed by atoms with van der Waals surface area (Å²) >= 11 is 1.84. The Bertz CT molecular complexity index is 238. The summed E-state index contributed by atoms with van der Waals surface area (Å²) in [5, 5.41) is 13.9. The van der Waals surface area contributed by atoms with Crippen LogP contribution in [-0.4, -0.2) is 36.5 Å². The molecule has 0 aliphatic heterocycles. The van der Waals surface area contributed by atoms with Crippen molar-refractivity contribution < 1.29 is 4.79 Å². The van der Waals surface area contributed by atoms with E-state index in [9.17, 15) is 4.79 Å². The zero-order chi connectivity index (χ0) is 12.4. The molecule has 0 aliphatic carbocycles. The number of carbonyl (C=O) groups excluding carboxylic acids is 1. The van der Waals surface area contributed by atoms with Gasteiger partial charge in [0.15, 0.2) is 0 Å². The Balaban J connectivity index is 3.87. The summed E-state index contributed by atoms with van der Waals surface area (Å²) in [6.07, 6.45) is 4.26. The van der Waals surface area contributed by atoms with Crippen LogP contribution in [0.5, 0.6) is 0 Å². The molecular weight excluding hydrogens is 222 g/mol. The predicted octanol–water partition coefficient (Wildman–Crippen LogP) is 1.14. The Labute approximate surface area is 102 Å². The number of amides is 1. The Kier molecular flexibility index (Phi) is 8.04. The van der Waals surface area contributed by atoms with Crippen molar-refractivity contribution >= 4 is 17.7 Å². The minimum atomic E-state index is -0.122. The molecule has 0 bridgehead atoms. The highest BCUT2D eigenvalue weighted by Gasteiger charge is 2.24. The highest BCUT2D eigenvalue weighted by Crippen LogP contribution is 2.29. The molecule has 0 fully saturated rings. The Morgan fingerprint density at radius 3 is 2.50 bits per heavy atom. The molecule has 0 saturated carbocycles. The molecule has 0 rings (SSSR count). The molecular formula is C11H21N3OS. The van der Waals surface area contributed by atoms with Gasteiger partial charge in [-0.05, 0) is 19.1 Å². The van der Waals surface area contributed by atoms with E-state index in [1.165, 1.54) is 0 Å². The molecule has 1 amide bonds. The first-order valence-electron chi connectivity index (χ1n) is 5.53. The summed E-state index contributed by atoms with van der Waals surface area (Å²) in [7, 11) is 0. The lowest BCUT2D eigenvalue weighted by Crippen LogP contribution is -2.41. The fraction of sp³-hybridized carbons (Fsp3) is 0.818. The standard InChI is InChI=1S/C11H21N3OS/c1-4-11(5-2,16-3)9-13-8-10(15)14-7-6-12/h13H,4-5,7-9H2,1-3H3,(H,14,15). The average molecular weight is 243 g/mol. The van der Waals surface area contributed by atoms with Crippen LogP contribution in [0.15, 0.2) is 0 Å². The van der Waals surface area contributed by atoms with Gasteiger partial charge < -0.3 is 10.6 Å². The van der Waals surface area contributed by atoms with Gasteiger partial charge in [-0.1, -0.05) is 13.8 Å². The third kappa shape index (κ3) is 5.38. The van der Waals surface area contributed by atoms with Crippen molar-refractivity contribution in [2.75, 3.05) is 25.9 Å². The molecule has 0 spiro atoms. The molecule has 0 aromatic carbocycles. The Hall–Kier alpha value is -0.730. The van der Waals surface area contributed by atoms with E-state index in [0.717, 1.165) is 19.4 Å². The molecule has 0 aromatic rings. The summed E-state index contributed by atoms with van der Waals surface area (Å²) in [4.78, 5) is 11.2.